The fourth-order valence-electron chi connectivity index (χ4n) is 8.14. The van der Waals surface area contributed by atoms with Crippen LogP contribution in [-0.4, -0.2) is 31.3 Å². The summed E-state index contributed by atoms with van der Waals surface area (Å²) in [7, 11) is 2.94. The lowest BCUT2D eigenvalue weighted by atomic mass is 9.82. The summed E-state index contributed by atoms with van der Waals surface area (Å²) in [6, 6.07) is 23.9. The Morgan fingerprint density at radius 1 is 0.561 bits per heavy atom. The summed E-state index contributed by atoms with van der Waals surface area (Å²) < 4.78 is 11.9. The van der Waals surface area contributed by atoms with E-state index in [1.165, 1.54) is 80.6 Å². The molecule has 3 nitrogen and oxygen atoms in total. The van der Waals surface area contributed by atoms with Gasteiger partial charge in [0.05, 0.1) is 14.2 Å². The standard InChI is InChI=1S/C37H45O3P/c1-39-33-22-11-9-18-29(33)31-20-13-21-32(30-19-10-12-23-34(30)40-2)37(31)41-35(26-14-5-3-6-15-26)24-28(38)25-36(41)27-16-7-4-8-17-27/h9-13,18-23,26-27,35-36H,3-8,14-17,24-25H2,1-2H3. The Labute approximate surface area is 247 Å². The molecule has 0 spiro atoms. The monoisotopic (exact) mass is 568 g/mol. The summed E-state index contributed by atoms with van der Waals surface area (Å²) in [6.07, 6.45) is 14.5. The maximum absolute atomic E-state index is 13.6. The molecule has 3 aromatic rings. The predicted molar refractivity (Wildman–Crippen MR) is 172 cm³/mol. The van der Waals surface area contributed by atoms with Gasteiger partial charge in [-0.15, -0.1) is 0 Å². The number of hydrogen-bond acceptors (Lipinski definition) is 3. The minimum absolute atomic E-state index is 0.447. The van der Waals surface area contributed by atoms with Crippen molar-refractivity contribution in [3.05, 3.63) is 66.7 Å². The van der Waals surface area contributed by atoms with Crippen LogP contribution in [0.25, 0.3) is 22.3 Å². The van der Waals surface area contributed by atoms with Crippen LogP contribution in [0.5, 0.6) is 11.5 Å². The summed E-state index contributed by atoms with van der Waals surface area (Å²) in [5, 5.41) is 1.48. The lowest BCUT2D eigenvalue weighted by Crippen LogP contribution is -2.41. The first kappa shape index (κ1) is 28.5. The van der Waals surface area contributed by atoms with Gasteiger partial charge in [0.1, 0.15) is 17.3 Å². The average molecular weight is 569 g/mol. The number of benzene rings is 3. The van der Waals surface area contributed by atoms with Crippen LogP contribution in [0.3, 0.4) is 0 Å². The fourth-order valence-corrected chi connectivity index (χ4v) is 12.5. The molecule has 2 unspecified atom stereocenters. The zero-order chi connectivity index (χ0) is 28.2. The molecule has 1 heterocycles. The number of ketones is 1. The van der Waals surface area contributed by atoms with Crippen molar-refractivity contribution in [3.8, 4) is 33.8 Å². The molecule has 6 rings (SSSR count). The second kappa shape index (κ2) is 13.1. The van der Waals surface area contributed by atoms with Crippen molar-refractivity contribution >= 4 is 19.0 Å². The summed E-state index contributed by atoms with van der Waals surface area (Å²) in [5.41, 5.74) is 5.78. The van der Waals surface area contributed by atoms with Gasteiger partial charge >= 0.3 is 0 Å². The quantitative estimate of drug-likeness (QED) is 0.266. The van der Waals surface area contributed by atoms with Crippen LogP contribution < -0.4 is 14.8 Å². The maximum Gasteiger partial charge on any atom is 0.134 e. The SMILES string of the molecule is COc1ccccc1-c1cccc(-c2ccccc2OC)c1P1C(C2CCCCC2)CC(=O)CC1C1CCCCC1. The predicted octanol–water partition coefficient (Wildman–Crippen LogP) is 9.41. The maximum atomic E-state index is 13.6. The fraction of sp³-hybridized carbons (Fsp3) is 0.486. The highest BCUT2D eigenvalue weighted by Crippen LogP contribution is 2.62. The summed E-state index contributed by atoms with van der Waals surface area (Å²) in [6.45, 7) is 0. The van der Waals surface area contributed by atoms with E-state index < -0.39 is 7.92 Å². The Morgan fingerprint density at radius 3 is 1.41 bits per heavy atom. The molecule has 3 aromatic carbocycles. The number of rotatable bonds is 7. The first-order valence-corrected chi connectivity index (χ1v) is 17.4. The van der Waals surface area contributed by atoms with Gasteiger partial charge in [-0.1, -0.05) is 101 Å². The van der Waals surface area contributed by atoms with Gasteiger partial charge in [-0.2, -0.15) is 0 Å². The molecule has 2 atom stereocenters. The van der Waals surface area contributed by atoms with Crippen molar-refractivity contribution < 1.29 is 14.3 Å². The minimum atomic E-state index is -0.622. The van der Waals surface area contributed by atoms with Crippen molar-refractivity contribution in [3.63, 3.8) is 0 Å². The summed E-state index contributed by atoms with van der Waals surface area (Å²) in [4.78, 5) is 13.6. The Kier molecular flexibility index (Phi) is 9.11. The van der Waals surface area contributed by atoms with E-state index in [2.05, 4.69) is 66.7 Å². The van der Waals surface area contributed by atoms with Crippen molar-refractivity contribution in [2.24, 2.45) is 11.8 Å². The number of Topliss-reactive ketones (excluding diaryl/α,β-unsaturated/α-hetero) is 1. The average Bonchev–Trinajstić information content (AvgIpc) is 3.05. The lowest BCUT2D eigenvalue weighted by molar-refractivity contribution is -0.119. The molecule has 0 amide bonds. The van der Waals surface area contributed by atoms with Gasteiger partial charge in [0.25, 0.3) is 0 Å². The van der Waals surface area contributed by atoms with Crippen LogP contribution in [0, 0.1) is 11.8 Å². The molecular formula is C37H45O3P. The van der Waals surface area contributed by atoms with Crippen LogP contribution in [-0.2, 0) is 4.79 Å². The minimum Gasteiger partial charge on any atom is -0.496 e. The molecule has 0 radical (unpaired) electrons. The third-order valence-corrected chi connectivity index (χ3v) is 13.7. The molecule has 41 heavy (non-hydrogen) atoms. The molecule has 0 N–H and O–H groups in total. The summed E-state index contributed by atoms with van der Waals surface area (Å²) in [5.74, 6) is 3.63. The van der Waals surface area contributed by atoms with Gasteiger partial charge in [-0.3, -0.25) is 4.79 Å². The molecule has 216 valence electrons. The van der Waals surface area contributed by atoms with Crippen LogP contribution >= 0.6 is 7.92 Å². The molecule has 1 aliphatic heterocycles. The second-order valence-electron chi connectivity index (χ2n) is 12.4. The smallest absolute Gasteiger partial charge is 0.134 e. The van der Waals surface area contributed by atoms with Crippen molar-refractivity contribution in [1.82, 2.24) is 0 Å². The first-order valence-electron chi connectivity index (χ1n) is 15.9. The Bertz CT molecular complexity index is 1240. The van der Waals surface area contributed by atoms with Gasteiger partial charge in [0, 0.05) is 24.0 Å². The Hall–Kier alpha value is -2.64. The van der Waals surface area contributed by atoms with E-state index in [0.29, 0.717) is 28.9 Å². The molecule has 1 saturated heterocycles. The van der Waals surface area contributed by atoms with E-state index in [1.54, 1.807) is 14.2 Å². The van der Waals surface area contributed by atoms with Gasteiger partial charge in [0.2, 0.25) is 0 Å². The zero-order valence-corrected chi connectivity index (χ0v) is 25.7. The second-order valence-corrected chi connectivity index (χ2v) is 15.0. The molecule has 0 aromatic heterocycles. The number of hydrogen-bond donors (Lipinski definition) is 0. The molecular weight excluding hydrogens is 523 g/mol. The largest absolute Gasteiger partial charge is 0.496 e. The van der Waals surface area contributed by atoms with Crippen molar-refractivity contribution in [2.45, 2.75) is 88.4 Å². The van der Waals surface area contributed by atoms with Crippen LogP contribution in [0.2, 0.25) is 0 Å². The highest BCUT2D eigenvalue weighted by molar-refractivity contribution is 7.68. The molecule has 0 bridgehead atoms. The normalized spacial score (nSPS) is 24.2. The number of methoxy groups -OCH3 is 2. The van der Waals surface area contributed by atoms with Crippen molar-refractivity contribution in [1.29, 1.82) is 0 Å². The number of para-hydroxylation sites is 2. The van der Waals surface area contributed by atoms with Crippen molar-refractivity contribution in [2.75, 3.05) is 14.2 Å². The highest BCUT2D eigenvalue weighted by atomic mass is 31.1. The van der Waals surface area contributed by atoms with Crippen LogP contribution in [0.15, 0.2) is 66.7 Å². The molecule has 2 aliphatic carbocycles. The van der Waals surface area contributed by atoms with Crippen LogP contribution in [0.1, 0.15) is 77.0 Å². The Balaban J connectivity index is 1.62. The van der Waals surface area contributed by atoms with Gasteiger partial charge in [-0.05, 0) is 77.4 Å². The van der Waals surface area contributed by atoms with E-state index >= 15 is 0 Å². The number of carbonyl (C=O) groups excluding carboxylic acids is 1. The number of carbonyl (C=O) groups is 1. The van der Waals surface area contributed by atoms with E-state index in [1.807, 2.05) is 0 Å². The first-order chi connectivity index (χ1) is 20.2. The van der Waals surface area contributed by atoms with Crippen LogP contribution in [0.4, 0.5) is 0 Å². The topological polar surface area (TPSA) is 35.5 Å². The highest BCUT2D eigenvalue weighted by Gasteiger charge is 2.46. The molecule has 4 heteroatoms. The zero-order valence-electron chi connectivity index (χ0n) is 24.8. The van der Waals surface area contributed by atoms with E-state index in [0.717, 1.165) is 35.5 Å². The van der Waals surface area contributed by atoms with Gasteiger partial charge < -0.3 is 9.47 Å². The van der Waals surface area contributed by atoms with Gasteiger partial charge in [0.15, 0.2) is 0 Å². The molecule has 2 saturated carbocycles. The van der Waals surface area contributed by atoms with E-state index in [-0.39, 0.29) is 0 Å². The Morgan fingerprint density at radius 2 is 0.976 bits per heavy atom. The lowest BCUT2D eigenvalue weighted by Gasteiger charge is -2.48. The molecule has 3 aliphatic rings. The molecule has 3 fully saturated rings. The van der Waals surface area contributed by atoms with E-state index in [9.17, 15) is 4.79 Å². The van der Waals surface area contributed by atoms with E-state index in [4.69, 9.17) is 9.47 Å². The number of ether oxygens (including phenoxy) is 2. The summed E-state index contributed by atoms with van der Waals surface area (Å²) >= 11 is 0. The van der Waals surface area contributed by atoms with Gasteiger partial charge in [-0.25, -0.2) is 0 Å². The third kappa shape index (κ3) is 5.85. The third-order valence-electron chi connectivity index (χ3n) is 10.1.